The number of likely N-dealkylation sites (N-methyl/N-ethyl adjacent to an activating group) is 1. The van der Waals surface area contributed by atoms with Gasteiger partial charge in [0.2, 0.25) is 0 Å². The summed E-state index contributed by atoms with van der Waals surface area (Å²) in [6.45, 7) is 7.63. The van der Waals surface area contributed by atoms with E-state index in [1.165, 1.54) is 6.20 Å². The fourth-order valence-corrected chi connectivity index (χ4v) is 4.59. The molecule has 8 nitrogen and oxygen atoms in total. The quantitative estimate of drug-likeness (QED) is 0.383. The van der Waals surface area contributed by atoms with Crippen LogP contribution in [0.3, 0.4) is 0 Å². The van der Waals surface area contributed by atoms with Gasteiger partial charge in [-0.15, -0.1) is 11.3 Å². The number of pyridine rings is 1. The number of halogens is 3. The highest BCUT2D eigenvalue weighted by Gasteiger charge is 2.37. The number of piperazine rings is 1. The van der Waals surface area contributed by atoms with Crippen LogP contribution in [0.25, 0.3) is 10.6 Å². The monoisotopic (exact) mass is 483 g/mol. The molecule has 0 aromatic carbocycles. The first-order chi connectivity index (χ1) is 15.7. The SMILES string of the molecule is Bc1cnc(NC(=O)NCC)cc1-c1nc(C(F)(F)F)c(CNCCN2CCN(C)CC2)s1. The van der Waals surface area contributed by atoms with Gasteiger partial charge in [0.25, 0.3) is 0 Å². The topological polar surface area (TPSA) is 85.4 Å². The van der Waals surface area contributed by atoms with Gasteiger partial charge in [-0.25, -0.2) is 14.8 Å². The molecule has 13 heteroatoms. The van der Waals surface area contributed by atoms with Gasteiger partial charge in [-0.1, -0.05) is 5.46 Å². The van der Waals surface area contributed by atoms with Gasteiger partial charge >= 0.3 is 12.2 Å². The molecule has 3 N–H and O–H groups in total. The van der Waals surface area contributed by atoms with Gasteiger partial charge in [0.1, 0.15) is 18.7 Å². The molecular formula is C20H29BF3N7OS. The highest BCUT2D eigenvalue weighted by molar-refractivity contribution is 7.15. The number of nitrogens with zero attached hydrogens (tertiary/aromatic N) is 4. The average Bonchev–Trinajstić information content (AvgIpc) is 3.19. The van der Waals surface area contributed by atoms with Crippen LogP contribution in [0, 0.1) is 0 Å². The molecule has 3 rings (SSSR count). The van der Waals surface area contributed by atoms with Crippen LogP contribution < -0.4 is 21.4 Å². The van der Waals surface area contributed by atoms with Crippen LogP contribution in [0.4, 0.5) is 23.8 Å². The van der Waals surface area contributed by atoms with E-state index in [0.717, 1.165) is 44.1 Å². The minimum absolute atomic E-state index is 0.0917. The number of alkyl halides is 3. The molecule has 2 aromatic rings. The summed E-state index contributed by atoms with van der Waals surface area (Å²) in [6, 6.07) is 1.12. The molecule has 0 bridgehead atoms. The van der Waals surface area contributed by atoms with Crippen LogP contribution >= 0.6 is 11.3 Å². The first-order valence-electron chi connectivity index (χ1n) is 10.9. The molecule has 1 aliphatic heterocycles. The third kappa shape index (κ3) is 7.13. The van der Waals surface area contributed by atoms with Gasteiger partial charge in [0.05, 0.1) is 4.88 Å². The molecule has 0 radical (unpaired) electrons. The summed E-state index contributed by atoms with van der Waals surface area (Å²) in [7, 11) is 3.83. The first kappa shape index (κ1) is 25.4. The molecule has 0 saturated carbocycles. The Bertz CT molecular complexity index is 948. The van der Waals surface area contributed by atoms with Crippen LogP contribution in [0.15, 0.2) is 12.3 Å². The maximum Gasteiger partial charge on any atom is 0.434 e. The highest BCUT2D eigenvalue weighted by Crippen LogP contribution is 2.37. The van der Waals surface area contributed by atoms with E-state index >= 15 is 0 Å². The lowest BCUT2D eigenvalue weighted by molar-refractivity contribution is -0.141. The standard InChI is InChI=1S/C20H29BF3N7OS/c1-3-26-19(32)28-16-10-13(14(21)11-27-16)18-29-17(20(22,23)24)15(33-18)12-25-4-5-31-8-6-30(2)7-9-31/h10-11,25H,3-9,12,21H2,1-2H3,(H2,26,27,28,32). The average molecular weight is 483 g/mol. The van der Waals surface area contributed by atoms with Crippen molar-refractivity contribution in [2.45, 2.75) is 19.6 Å². The van der Waals surface area contributed by atoms with Crippen LogP contribution in [-0.2, 0) is 12.7 Å². The molecule has 1 saturated heterocycles. The van der Waals surface area contributed by atoms with Gasteiger partial charge in [-0.2, -0.15) is 13.2 Å². The van der Waals surface area contributed by atoms with Crippen molar-refractivity contribution in [3.63, 3.8) is 0 Å². The van der Waals surface area contributed by atoms with E-state index in [2.05, 4.69) is 42.8 Å². The molecule has 1 aliphatic rings. The number of hydrogen-bond acceptors (Lipinski definition) is 7. The Morgan fingerprint density at radius 1 is 1.27 bits per heavy atom. The van der Waals surface area contributed by atoms with E-state index in [4.69, 9.17) is 0 Å². The van der Waals surface area contributed by atoms with Gasteiger partial charge in [0.15, 0.2) is 5.69 Å². The Kier molecular flexibility index (Phi) is 8.68. The lowest BCUT2D eigenvalue weighted by atomic mass is 9.93. The maximum absolute atomic E-state index is 13.7. The van der Waals surface area contributed by atoms with E-state index in [-0.39, 0.29) is 22.2 Å². The molecule has 33 heavy (non-hydrogen) atoms. The number of aromatic nitrogens is 2. The van der Waals surface area contributed by atoms with Crippen molar-refractivity contribution in [1.82, 2.24) is 30.4 Å². The largest absolute Gasteiger partial charge is 0.434 e. The summed E-state index contributed by atoms with van der Waals surface area (Å²) in [5, 5.41) is 8.56. The van der Waals surface area contributed by atoms with Gasteiger partial charge in [0, 0.05) is 64.1 Å². The van der Waals surface area contributed by atoms with Crippen LogP contribution in [-0.4, -0.2) is 86.5 Å². The third-order valence-electron chi connectivity index (χ3n) is 5.36. The molecule has 2 amide bonds. The zero-order valence-corrected chi connectivity index (χ0v) is 19.9. The van der Waals surface area contributed by atoms with E-state index < -0.39 is 17.9 Å². The summed E-state index contributed by atoms with van der Waals surface area (Å²) in [6.07, 6.45) is -3.04. The molecule has 0 spiro atoms. The third-order valence-corrected chi connectivity index (χ3v) is 6.45. The molecule has 0 unspecified atom stereocenters. The zero-order valence-electron chi connectivity index (χ0n) is 19.1. The van der Waals surface area contributed by atoms with Gasteiger partial charge in [-0.3, -0.25) is 10.2 Å². The Morgan fingerprint density at radius 2 is 2.00 bits per heavy atom. The van der Waals surface area contributed by atoms with E-state index in [9.17, 15) is 18.0 Å². The number of carbonyl (C=O) groups is 1. The molecule has 0 atom stereocenters. The second-order valence-electron chi connectivity index (χ2n) is 7.98. The lowest BCUT2D eigenvalue weighted by Gasteiger charge is -2.32. The minimum Gasteiger partial charge on any atom is -0.338 e. The number of thiazole rings is 1. The fourth-order valence-electron chi connectivity index (χ4n) is 3.46. The number of carbonyl (C=O) groups excluding carboxylic acids is 1. The second-order valence-corrected chi connectivity index (χ2v) is 9.06. The number of amides is 2. The predicted molar refractivity (Wildman–Crippen MR) is 127 cm³/mol. The van der Waals surface area contributed by atoms with Crippen molar-refractivity contribution in [2.75, 3.05) is 58.2 Å². The molecular weight excluding hydrogens is 454 g/mol. The number of nitrogens with one attached hydrogen (secondary N) is 3. The van der Waals surface area contributed by atoms with Crippen molar-refractivity contribution < 1.29 is 18.0 Å². The summed E-state index contributed by atoms with van der Waals surface area (Å²) in [4.78, 5) is 24.5. The number of hydrogen-bond donors (Lipinski definition) is 3. The van der Waals surface area contributed by atoms with Crippen molar-refractivity contribution in [1.29, 1.82) is 0 Å². The lowest BCUT2D eigenvalue weighted by Crippen LogP contribution is -2.46. The van der Waals surface area contributed by atoms with E-state index in [0.29, 0.717) is 24.1 Å². The molecule has 2 aromatic heterocycles. The number of rotatable bonds is 8. The van der Waals surface area contributed by atoms with Crippen molar-refractivity contribution in [2.24, 2.45) is 0 Å². The van der Waals surface area contributed by atoms with Gasteiger partial charge < -0.3 is 15.5 Å². The smallest absolute Gasteiger partial charge is 0.338 e. The second kappa shape index (κ2) is 11.3. The number of urea groups is 1. The fraction of sp³-hybridized carbons (Fsp3) is 0.550. The van der Waals surface area contributed by atoms with Crippen LogP contribution in [0.5, 0.6) is 0 Å². The Balaban J connectivity index is 1.71. The zero-order chi connectivity index (χ0) is 24.0. The molecule has 0 aliphatic carbocycles. The normalized spacial score (nSPS) is 15.5. The molecule has 1 fully saturated rings. The van der Waals surface area contributed by atoms with E-state index in [1.807, 2.05) is 0 Å². The molecule has 3 heterocycles. The Morgan fingerprint density at radius 3 is 2.67 bits per heavy atom. The Hall–Kier alpha value is -2.22. The minimum atomic E-state index is -4.55. The van der Waals surface area contributed by atoms with Crippen LogP contribution in [0.1, 0.15) is 17.5 Å². The summed E-state index contributed by atoms with van der Waals surface area (Å²) < 4.78 is 41.0. The van der Waals surface area contributed by atoms with Crippen molar-refractivity contribution in [3.8, 4) is 10.6 Å². The van der Waals surface area contributed by atoms with Crippen LogP contribution in [0.2, 0.25) is 0 Å². The van der Waals surface area contributed by atoms with Gasteiger partial charge in [-0.05, 0) is 20.0 Å². The highest BCUT2D eigenvalue weighted by atomic mass is 32.1. The Labute approximate surface area is 196 Å². The van der Waals surface area contributed by atoms with Crippen molar-refractivity contribution in [3.05, 3.63) is 22.8 Å². The van der Waals surface area contributed by atoms with Crippen molar-refractivity contribution >= 4 is 36.5 Å². The number of anilines is 1. The summed E-state index contributed by atoms with van der Waals surface area (Å²) >= 11 is 1.01. The summed E-state index contributed by atoms with van der Waals surface area (Å²) in [5.41, 5.74) is 0.313. The molecule has 180 valence electrons. The first-order valence-corrected chi connectivity index (χ1v) is 11.7. The summed E-state index contributed by atoms with van der Waals surface area (Å²) in [5.74, 6) is 0.247. The predicted octanol–water partition coefficient (Wildman–Crippen LogP) is 0.961. The van der Waals surface area contributed by atoms with E-state index in [1.54, 1.807) is 20.8 Å². The maximum atomic E-state index is 13.7.